The van der Waals surface area contributed by atoms with Crippen molar-refractivity contribution in [2.24, 2.45) is 17.8 Å². The average Bonchev–Trinajstić information content (AvgIpc) is 2.38. The van der Waals surface area contributed by atoms with Crippen molar-refractivity contribution in [3.63, 3.8) is 0 Å². The molecule has 0 aromatic heterocycles. The molecule has 0 spiro atoms. The molecule has 1 aliphatic rings. The van der Waals surface area contributed by atoms with Crippen LogP contribution in [0.3, 0.4) is 0 Å². The Kier molecular flexibility index (Phi) is 5.68. The molecule has 1 fully saturated rings. The van der Waals surface area contributed by atoms with Crippen LogP contribution in [-0.2, 0) is 0 Å². The maximum absolute atomic E-state index is 3.91. The fraction of sp³-hybridized carbons (Fsp3) is 0.667. The van der Waals surface area contributed by atoms with Crippen molar-refractivity contribution in [1.82, 2.24) is 5.32 Å². The zero-order valence-electron chi connectivity index (χ0n) is 13.2. The summed E-state index contributed by atoms with van der Waals surface area (Å²) in [7, 11) is 0. The molecule has 1 aromatic carbocycles. The fourth-order valence-corrected chi connectivity index (χ4v) is 4.26. The summed E-state index contributed by atoms with van der Waals surface area (Å²) in [5, 5.41) is 3.91. The molecule has 0 heterocycles. The van der Waals surface area contributed by atoms with Gasteiger partial charge in [-0.3, -0.25) is 0 Å². The van der Waals surface area contributed by atoms with Gasteiger partial charge in [-0.15, -0.1) is 0 Å². The molecule has 1 aromatic rings. The topological polar surface area (TPSA) is 12.0 Å². The van der Waals surface area contributed by atoms with E-state index in [2.05, 4.69) is 73.2 Å². The van der Waals surface area contributed by atoms with E-state index in [4.69, 9.17) is 0 Å². The van der Waals surface area contributed by atoms with Crippen LogP contribution >= 0.6 is 15.9 Å². The minimum Gasteiger partial charge on any atom is -0.307 e. The predicted octanol–water partition coefficient (Wildman–Crippen LogP) is 5.56. The van der Waals surface area contributed by atoms with Crippen molar-refractivity contribution < 1.29 is 0 Å². The van der Waals surface area contributed by atoms with Gasteiger partial charge in [0.1, 0.15) is 0 Å². The molecule has 1 N–H and O–H groups in total. The second kappa shape index (κ2) is 7.09. The summed E-state index contributed by atoms with van der Waals surface area (Å²) in [5.74, 6) is 2.44. The first-order valence-corrected chi connectivity index (χ1v) is 8.78. The summed E-state index contributed by atoms with van der Waals surface area (Å²) in [5.41, 5.74) is 1.37. The van der Waals surface area contributed by atoms with Gasteiger partial charge < -0.3 is 5.32 Å². The number of nitrogens with one attached hydrogen (secondary N) is 1. The molecule has 0 saturated heterocycles. The first-order chi connectivity index (χ1) is 9.49. The minimum absolute atomic E-state index is 0.405. The van der Waals surface area contributed by atoms with Crippen LogP contribution in [0.2, 0.25) is 0 Å². The first-order valence-electron chi connectivity index (χ1n) is 7.99. The highest BCUT2D eigenvalue weighted by Crippen LogP contribution is 2.35. The van der Waals surface area contributed by atoms with Crippen molar-refractivity contribution in [3.8, 4) is 0 Å². The van der Waals surface area contributed by atoms with Crippen LogP contribution in [-0.4, -0.2) is 6.04 Å². The fourth-order valence-electron chi connectivity index (χ4n) is 3.63. The van der Waals surface area contributed by atoms with E-state index in [1.54, 1.807) is 0 Å². The van der Waals surface area contributed by atoms with Crippen molar-refractivity contribution in [2.45, 2.75) is 59.0 Å². The molecule has 0 aliphatic heterocycles. The molecule has 112 valence electrons. The Morgan fingerprint density at radius 1 is 1.15 bits per heavy atom. The summed E-state index contributed by atoms with van der Waals surface area (Å²) in [6.45, 7) is 9.43. The molecule has 0 bridgehead atoms. The Morgan fingerprint density at radius 2 is 1.85 bits per heavy atom. The largest absolute Gasteiger partial charge is 0.307 e. The normalized spacial score (nSPS) is 28.6. The third-order valence-electron chi connectivity index (χ3n) is 4.86. The van der Waals surface area contributed by atoms with E-state index < -0.39 is 0 Å². The van der Waals surface area contributed by atoms with E-state index in [1.807, 2.05) is 0 Å². The molecule has 20 heavy (non-hydrogen) atoms. The van der Waals surface area contributed by atoms with Gasteiger partial charge in [0.2, 0.25) is 0 Å². The number of hydrogen-bond donors (Lipinski definition) is 1. The third kappa shape index (κ3) is 3.85. The maximum Gasteiger partial charge on any atom is 0.0305 e. The number of halogens is 1. The molecule has 1 aliphatic carbocycles. The van der Waals surface area contributed by atoms with Gasteiger partial charge in [-0.2, -0.15) is 0 Å². The van der Waals surface area contributed by atoms with Gasteiger partial charge in [-0.25, -0.2) is 0 Å². The van der Waals surface area contributed by atoms with E-state index in [1.165, 1.54) is 29.3 Å². The van der Waals surface area contributed by atoms with Gasteiger partial charge in [0, 0.05) is 16.6 Å². The number of hydrogen-bond acceptors (Lipinski definition) is 1. The van der Waals surface area contributed by atoms with Crippen LogP contribution in [0.25, 0.3) is 0 Å². The van der Waals surface area contributed by atoms with Crippen molar-refractivity contribution in [3.05, 3.63) is 34.3 Å². The second-order valence-electron chi connectivity index (χ2n) is 6.84. The lowest BCUT2D eigenvalue weighted by molar-refractivity contribution is 0.161. The van der Waals surface area contributed by atoms with Gasteiger partial charge in [0.25, 0.3) is 0 Å². The van der Waals surface area contributed by atoms with Gasteiger partial charge >= 0.3 is 0 Å². The minimum atomic E-state index is 0.405. The van der Waals surface area contributed by atoms with Crippen molar-refractivity contribution in [1.29, 1.82) is 0 Å². The lowest BCUT2D eigenvalue weighted by Gasteiger charge is -2.39. The van der Waals surface area contributed by atoms with Crippen LogP contribution in [0.4, 0.5) is 0 Å². The molecule has 0 amide bonds. The Labute approximate surface area is 132 Å². The second-order valence-corrected chi connectivity index (χ2v) is 7.70. The predicted molar refractivity (Wildman–Crippen MR) is 90.8 cm³/mol. The molecule has 1 saturated carbocycles. The van der Waals surface area contributed by atoms with Gasteiger partial charge in [0.15, 0.2) is 0 Å². The summed E-state index contributed by atoms with van der Waals surface area (Å²) in [6, 6.07) is 9.62. The van der Waals surface area contributed by atoms with Crippen molar-refractivity contribution >= 4 is 15.9 Å². The van der Waals surface area contributed by atoms with Crippen LogP contribution in [0.15, 0.2) is 28.7 Å². The summed E-state index contributed by atoms with van der Waals surface area (Å²) in [4.78, 5) is 0. The van der Waals surface area contributed by atoms with Crippen molar-refractivity contribution in [2.75, 3.05) is 0 Å². The monoisotopic (exact) mass is 337 g/mol. The van der Waals surface area contributed by atoms with Crippen LogP contribution < -0.4 is 5.32 Å². The SMILES string of the molecule is CC1CCC(C(C)C)C(N[C@H](C)c2ccccc2Br)C1. The molecule has 1 nitrogen and oxygen atoms in total. The van der Waals surface area contributed by atoms with E-state index >= 15 is 0 Å². The van der Waals surface area contributed by atoms with E-state index in [0.29, 0.717) is 12.1 Å². The van der Waals surface area contributed by atoms with Gasteiger partial charge in [0.05, 0.1) is 0 Å². The molecule has 2 heteroatoms. The standard InChI is InChI=1S/C18H28BrN/c1-12(2)15-10-9-13(3)11-18(15)20-14(4)16-7-5-6-8-17(16)19/h5-8,12-15,18,20H,9-11H2,1-4H3/t13?,14-,15?,18?/m1/s1. The summed E-state index contributed by atoms with van der Waals surface area (Å²) < 4.78 is 1.21. The molecular formula is C18H28BrN. The highest BCUT2D eigenvalue weighted by Gasteiger charge is 2.31. The average molecular weight is 338 g/mol. The van der Waals surface area contributed by atoms with E-state index in [0.717, 1.165) is 17.8 Å². The highest BCUT2D eigenvalue weighted by atomic mass is 79.9. The molecular weight excluding hydrogens is 310 g/mol. The smallest absolute Gasteiger partial charge is 0.0305 e. The Bertz CT molecular complexity index is 429. The summed E-state index contributed by atoms with van der Waals surface area (Å²) in [6.07, 6.45) is 4.08. The first kappa shape index (κ1) is 16.0. The maximum atomic E-state index is 3.91. The molecule has 4 atom stereocenters. The molecule has 2 rings (SSSR count). The molecule has 3 unspecified atom stereocenters. The highest BCUT2D eigenvalue weighted by molar-refractivity contribution is 9.10. The Morgan fingerprint density at radius 3 is 2.50 bits per heavy atom. The lowest BCUT2D eigenvalue weighted by Crippen LogP contribution is -2.43. The van der Waals surface area contributed by atoms with Gasteiger partial charge in [-0.05, 0) is 49.1 Å². The van der Waals surface area contributed by atoms with Crippen LogP contribution in [0, 0.1) is 17.8 Å². The van der Waals surface area contributed by atoms with E-state index in [-0.39, 0.29) is 0 Å². The Balaban J connectivity index is 2.08. The van der Waals surface area contributed by atoms with E-state index in [9.17, 15) is 0 Å². The number of rotatable bonds is 4. The quantitative estimate of drug-likeness (QED) is 0.758. The van der Waals surface area contributed by atoms with Crippen LogP contribution in [0.1, 0.15) is 58.6 Å². The van der Waals surface area contributed by atoms with Gasteiger partial charge in [-0.1, -0.05) is 61.3 Å². The van der Waals surface area contributed by atoms with Crippen LogP contribution in [0.5, 0.6) is 0 Å². The lowest BCUT2D eigenvalue weighted by atomic mass is 9.73. The summed E-state index contributed by atoms with van der Waals surface area (Å²) >= 11 is 3.68. The zero-order valence-corrected chi connectivity index (χ0v) is 14.8. The molecule has 0 radical (unpaired) electrons. The zero-order chi connectivity index (χ0) is 14.7. The third-order valence-corrected chi connectivity index (χ3v) is 5.58. The Hall–Kier alpha value is -0.340. The number of benzene rings is 1.